The molecule has 0 saturated carbocycles. The molecular formula is C29H37N5O6S. The summed E-state index contributed by atoms with van der Waals surface area (Å²) in [6, 6.07) is 14.0. The van der Waals surface area contributed by atoms with E-state index in [0.717, 1.165) is 5.56 Å². The number of aliphatic hydroxyl groups is 1. The summed E-state index contributed by atoms with van der Waals surface area (Å²) in [7, 11) is -0.723. The van der Waals surface area contributed by atoms with Crippen LogP contribution in [0, 0.1) is 5.92 Å². The number of hydrogen-bond donors (Lipinski definition) is 2. The van der Waals surface area contributed by atoms with E-state index in [2.05, 4.69) is 10.3 Å². The van der Waals surface area contributed by atoms with Gasteiger partial charge in [-0.05, 0) is 30.7 Å². The Balaban J connectivity index is 1.62. The molecule has 0 spiro atoms. The minimum absolute atomic E-state index is 0.00458. The van der Waals surface area contributed by atoms with Gasteiger partial charge in [-0.25, -0.2) is 13.4 Å². The Labute approximate surface area is 240 Å². The average molecular weight is 584 g/mol. The molecule has 2 N–H and O–H groups in total. The van der Waals surface area contributed by atoms with Gasteiger partial charge < -0.3 is 24.6 Å². The lowest BCUT2D eigenvalue weighted by Crippen LogP contribution is -2.48. The van der Waals surface area contributed by atoms with Gasteiger partial charge in [0.05, 0.1) is 38.4 Å². The average Bonchev–Trinajstić information content (AvgIpc) is 3.40. The van der Waals surface area contributed by atoms with E-state index in [9.17, 15) is 23.1 Å². The van der Waals surface area contributed by atoms with Crippen LogP contribution in [0.25, 0.3) is 0 Å². The Hall–Kier alpha value is -3.74. The van der Waals surface area contributed by atoms with Crippen molar-refractivity contribution in [3.05, 3.63) is 72.2 Å². The summed E-state index contributed by atoms with van der Waals surface area (Å²) in [4.78, 5) is 31.7. The molecule has 0 unspecified atom stereocenters. The van der Waals surface area contributed by atoms with Crippen LogP contribution in [0.15, 0.2) is 66.1 Å². The van der Waals surface area contributed by atoms with Crippen LogP contribution >= 0.6 is 0 Å². The summed E-state index contributed by atoms with van der Waals surface area (Å²) in [6.07, 6.45) is 2.42. The second-order valence-electron chi connectivity index (χ2n) is 10.6. The number of nitrogens with zero attached hydrogens (tertiary/aromatic N) is 4. The Kier molecular flexibility index (Phi) is 9.46. The zero-order chi connectivity index (χ0) is 29.7. The Morgan fingerprint density at radius 3 is 2.63 bits per heavy atom. The van der Waals surface area contributed by atoms with Gasteiger partial charge in [0.25, 0.3) is 10.0 Å². The van der Waals surface area contributed by atoms with Crippen molar-refractivity contribution in [2.45, 2.75) is 43.9 Å². The third-order valence-electron chi connectivity index (χ3n) is 7.20. The van der Waals surface area contributed by atoms with Crippen molar-refractivity contribution in [2.24, 2.45) is 13.0 Å². The molecule has 2 aromatic carbocycles. The fourth-order valence-corrected chi connectivity index (χ4v) is 5.89. The number of aromatic nitrogens is 2. The van der Waals surface area contributed by atoms with Crippen molar-refractivity contribution in [3.8, 4) is 5.75 Å². The maximum absolute atomic E-state index is 13.4. The number of aryl methyl sites for hydroxylation is 1. The van der Waals surface area contributed by atoms with Crippen molar-refractivity contribution in [1.82, 2.24) is 18.8 Å². The molecule has 0 fully saturated rings. The predicted octanol–water partition coefficient (Wildman–Crippen LogP) is 2.07. The monoisotopic (exact) mass is 583 g/mol. The molecule has 0 bridgehead atoms. The van der Waals surface area contributed by atoms with Crippen LogP contribution in [0.5, 0.6) is 5.75 Å². The van der Waals surface area contributed by atoms with E-state index < -0.39 is 22.2 Å². The van der Waals surface area contributed by atoms with Crippen molar-refractivity contribution >= 4 is 27.5 Å². The highest BCUT2D eigenvalue weighted by atomic mass is 32.2. The highest BCUT2D eigenvalue weighted by molar-refractivity contribution is 7.89. The summed E-state index contributed by atoms with van der Waals surface area (Å²) >= 11 is 0. The number of aliphatic hydroxyl groups excluding tert-OH is 1. The number of likely N-dealkylation sites (N-methyl/N-ethyl adjacent to an activating group) is 1. The van der Waals surface area contributed by atoms with Crippen molar-refractivity contribution in [2.75, 3.05) is 32.1 Å². The normalized spacial score (nSPS) is 18.6. The molecule has 12 heteroatoms. The van der Waals surface area contributed by atoms with Crippen molar-refractivity contribution < 1.29 is 27.9 Å². The number of carbonyl (C=O) groups excluding carboxylic acids is 2. The fourth-order valence-electron chi connectivity index (χ4n) is 4.74. The third-order valence-corrected chi connectivity index (χ3v) is 8.91. The molecule has 0 saturated heterocycles. The molecule has 3 atom stereocenters. The zero-order valence-corrected chi connectivity index (χ0v) is 24.5. The molecule has 1 aromatic heterocycles. The highest BCUT2D eigenvalue weighted by Gasteiger charge is 2.34. The Morgan fingerprint density at radius 1 is 1.24 bits per heavy atom. The maximum atomic E-state index is 13.4. The fraction of sp³-hybridized carbons (Fsp3) is 0.414. The minimum atomic E-state index is -3.89. The van der Waals surface area contributed by atoms with E-state index in [4.69, 9.17) is 4.74 Å². The first-order valence-electron chi connectivity index (χ1n) is 13.5. The lowest BCUT2D eigenvalue weighted by Gasteiger charge is -2.33. The summed E-state index contributed by atoms with van der Waals surface area (Å²) in [6.45, 7) is 3.69. The van der Waals surface area contributed by atoms with Gasteiger partial charge in [-0.2, -0.15) is 4.31 Å². The van der Waals surface area contributed by atoms with Gasteiger partial charge in [0.2, 0.25) is 11.8 Å². The van der Waals surface area contributed by atoms with Crippen molar-refractivity contribution in [3.63, 3.8) is 0 Å². The number of rotatable bonds is 9. The Bertz CT molecular complexity index is 1480. The number of ether oxygens (including phenoxy) is 1. The largest absolute Gasteiger partial charge is 0.488 e. The number of nitrogens with one attached hydrogen (secondary N) is 1. The predicted molar refractivity (Wildman–Crippen MR) is 154 cm³/mol. The molecule has 0 aliphatic carbocycles. The van der Waals surface area contributed by atoms with Crippen molar-refractivity contribution in [1.29, 1.82) is 0 Å². The molecular weight excluding hydrogens is 546 g/mol. The summed E-state index contributed by atoms with van der Waals surface area (Å²) in [5.41, 5.74) is 1.94. The van der Waals surface area contributed by atoms with Crippen LogP contribution in [-0.4, -0.2) is 83.0 Å². The minimum Gasteiger partial charge on any atom is -0.488 e. The topological polar surface area (TPSA) is 134 Å². The summed E-state index contributed by atoms with van der Waals surface area (Å²) < 4.78 is 35.6. The number of fused-ring (bicyclic) bond motifs is 1. The van der Waals surface area contributed by atoms with Crippen LogP contribution < -0.4 is 10.1 Å². The molecule has 4 rings (SSSR count). The first-order chi connectivity index (χ1) is 19.5. The second-order valence-corrected chi connectivity index (χ2v) is 12.6. The second kappa shape index (κ2) is 12.8. The van der Waals surface area contributed by atoms with Crippen LogP contribution in [0.1, 0.15) is 25.0 Å². The van der Waals surface area contributed by atoms with E-state index in [-0.39, 0.29) is 55.3 Å². The molecule has 2 amide bonds. The number of amides is 2. The molecule has 2 heterocycles. The SMILES string of the molecule is C[C@@H]1CN([C@@H](C)CO)C(=O)Cc2cc(NC(=O)Cc3ccccc3)ccc2O[C@@H]1CN(C)S(=O)(=O)c1cn(C)cn1. The summed E-state index contributed by atoms with van der Waals surface area (Å²) in [5.74, 6) is -0.259. The quantitative estimate of drug-likeness (QED) is 0.394. The number of imidazole rings is 1. The van der Waals surface area contributed by atoms with Gasteiger partial charge in [0, 0.05) is 44.0 Å². The number of anilines is 1. The highest BCUT2D eigenvalue weighted by Crippen LogP contribution is 2.30. The van der Waals surface area contributed by atoms with Gasteiger partial charge in [0.15, 0.2) is 5.03 Å². The van der Waals surface area contributed by atoms with E-state index in [1.54, 1.807) is 41.6 Å². The zero-order valence-electron chi connectivity index (χ0n) is 23.7. The summed E-state index contributed by atoms with van der Waals surface area (Å²) in [5, 5.41) is 12.7. The number of hydrogen-bond acceptors (Lipinski definition) is 7. The molecule has 41 heavy (non-hydrogen) atoms. The third kappa shape index (κ3) is 7.32. The van der Waals surface area contributed by atoms with Crippen LogP contribution in [0.3, 0.4) is 0 Å². The standard InChI is InChI=1S/C29H37N5O6S/c1-20-15-34(21(2)18-35)29(37)14-23-13-24(31-27(36)12-22-8-6-5-7-9-22)10-11-25(23)40-26(20)16-33(4)41(38,39)28-17-32(3)19-30-28/h5-11,13,17,19-21,26,35H,12,14-16,18H2,1-4H3,(H,31,36)/t20-,21+,26-/m1/s1. The first kappa shape index (κ1) is 30.2. The molecule has 0 radical (unpaired) electrons. The smallest absolute Gasteiger partial charge is 0.261 e. The maximum Gasteiger partial charge on any atom is 0.261 e. The molecule has 1 aliphatic heterocycles. The number of sulfonamides is 1. The molecule has 220 valence electrons. The first-order valence-corrected chi connectivity index (χ1v) is 14.9. The van der Waals surface area contributed by atoms with Gasteiger partial charge in [-0.3, -0.25) is 9.59 Å². The van der Waals surface area contributed by atoms with E-state index in [1.165, 1.54) is 23.9 Å². The lowest BCUT2D eigenvalue weighted by molar-refractivity contribution is -0.134. The molecule has 1 aliphatic rings. The lowest BCUT2D eigenvalue weighted by atomic mass is 10.0. The van der Waals surface area contributed by atoms with Gasteiger partial charge in [-0.1, -0.05) is 37.3 Å². The van der Waals surface area contributed by atoms with Crippen LogP contribution in [0.4, 0.5) is 5.69 Å². The molecule has 11 nitrogen and oxygen atoms in total. The number of benzene rings is 2. The molecule has 3 aromatic rings. The van der Waals surface area contributed by atoms with Crippen LogP contribution in [-0.2, 0) is 39.5 Å². The van der Waals surface area contributed by atoms with Gasteiger partial charge >= 0.3 is 0 Å². The van der Waals surface area contributed by atoms with Gasteiger partial charge in [0.1, 0.15) is 11.9 Å². The van der Waals surface area contributed by atoms with E-state index in [0.29, 0.717) is 17.0 Å². The van der Waals surface area contributed by atoms with E-state index in [1.807, 2.05) is 37.3 Å². The number of carbonyl (C=O) groups is 2. The van der Waals surface area contributed by atoms with Crippen LogP contribution in [0.2, 0.25) is 0 Å². The van der Waals surface area contributed by atoms with Gasteiger partial charge in [-0.15, -0.1) is 0 Å². The Morgan fingerprint density at radius 2 is 1.98 bits per heavy atom. The van der Waals surface area contributed by atoms with E-state index >= 15 is 0 Å².